The summed E-state index contributed by atoms with van der Waals surface area (Å²) in [7, 11) is 0. The lowest BCUT2D eigenvalue weighted by Crippen LogP contribution is -2.18. The molecule has 0 spiro atoms. The van der Waals surface area contributed by atoms with Gasteiger partial charge in [0.2, 0.25) is 0 Å². The van der Waals surface area contributed by atoms with Crippen molar-refractivity contribution in [1.82, 2.24) is 0 Å². The van der Waals surface area contributed by atoms with Gasteiger partial charge in [-0.3, -0.25) is 0 Å². The molecule has 2 aromatic rings. The molecule has 0 heteroatoms. The Morgan fingerprint density at radius 2 is 1.14 bits per heavy atom. The quantitative estimate of drug-likeness (QED) is 0.577. The number of aryl methyl sites for hydroxylation is 2. The van der Waals surface area contributed by atoms with E-state index in [1.165, 1.54) is 22.3 Å². The Morgan fingerprint density at radius 1 is 0.619 bits per heavy atom. The number of rotatable bonds is 2. The number of hydrogen-bond donors (Lipinski definition) is 0. The molecule has 0 radical (unpaired) electrons. The van der Waals surface area contributed by atoms with Gasteiger partial charge >= 0.3 is 0 Å². The Balaban J connectivity index is 0.000000921. The Hall–Kier alpha value is -1.56. The summed E-state index contributed by atoms with van der Waals surface area (Å²) in [5.74, 6) is 0. The Labute approximate surface area is 132 Å². The standard InChI is InChI=1S/C17H20.2C2H6/c1-13-8-10-15(11-9-13)17(3,4)16-7-5-6-14(2)12-16;2*1-2/h5-12H,1-4H3;2*1-2H3. The first-order valence-corrected chi connectivity index (χ1v) is 8.14. The fourth-order valence-corrected chi connectivity index (χ4v) is 2.17. The molecule has 21 heavy (non-hydrogen) atoms. The fourth-order valence-electron chi connectivity index (χ4n) is 2.17. The lowest BCUT2D eigenvalue weighted by Gasteiger charge is -2.26. The van der Waals surface area contributed by atoms with Gasteiger partial charge in [0, 0.05) is 5.41 Å². The molecule has 0 bridgehead atoms. The highest BCUT2D eigenvalue weighted by atomic mass is 14.3. The molecule has 0 aromatic heterocycles. The Bertz CT molecular complexity index is 504. The van der Waals surface area contributed by atoms with Gasteiger partial charge in [0.05, 0.1) is 0 Å². The third-order valence-electron chi connectivity index (χ3n) is 3.51. The molecule has 0 aliphatic heterocycles. The molecule has 2 rings (SSSR count). The first-order chi connectivity index (χ1) is 10.00. The maximum Gasteiger partial charge on any atom is 0.0146 e. The van der Waals surface area contributed by atoms with Gasteiger partial charge in [0.15, 0.2) is 0 Å². The van der Waals surface area contributed by atoms with E-state index in [4.69, 9.17) is 0 Å². The van der Waals surface area contributed by atoms with E-state index in [1.54, 1.807) is 0 Å². The van der Waals surface area contributed by atoms with Crippen molar-refractivity contribution in [3.8, 4) is 0 Å². The monoisotopic (exact) mass is 284 g/mol. The molecule has 116 valence electrons. The largest absolute Gasteiger partial charge is 0.0683 e. The van der Waals surface area contributed by atoms with Crippen LogP contribution in [0.5, 0.6) is 0 Å². The van der Waals surface area contributed by atoms with E-state index < -0.39 is 0 Å². The molecule has 0 nitrogen and oxygen atoms in total. The van der Waals surface area contributed by atoms with Gasteiger partial charge < -0.3 is 0 Å². The van der Waals surface area contributed by atoms with Crippen LogP contribution in [0.4, 0.5) is 0 Å². The number of benzene rings is 2. The highest BCUT2D eigenvalue weighted by Crippen LogP contribution is 2.31. The average molecular weight is 284 g/mol. The first-order valence-electron chi connectivity index (χ1n) is 8.14. The molecule has 0 saturated heterocycles. The van der Waals surface area contributed by atoms with Gasteiger partial charge in [0.25, 0.3) is 0 Å². The van der Waals surface area contributed by atoms with Crippen molar-refractivity contribution in [2.24, 2.45) is 0 Å². The topological polar surface area (TPSA) is 0 Å². The van der Waals surface area contributed by atoms with Crippen LogP contribution in [0, 0.1) is 13.8 Å². The highest BCUT2D eigenvalue weighted by molar-refractivity contribution is 5.39. The van der Waals surface area contributed by atoms with Crippen molar-refractivity contribution < 1.29 is 0 Å². The van der Waals surface area contributed by atoms with E-state index in [2.05, 4.69) is 76.2 Å². The van der Waals surface area contributed by atoms with Gasteiger partial charge in [-0.15, -0.1) is 0 Å². The molecule has 0 heterocycles. The summed E-state index contributed by atoms with van der Waals surface area (Å²) in [4.78, 5) is 0. The minimum Gasteiger partial charge on any atom is -0.0683 e. The predicted molar refractivity (Wildman–Crippen MR) is 97.2 cm³/mol. The van der Waals surface area contributed by atoms with Crippen molar-refractivity contribution in [3.63, 3.8) is 0 Å². The molecule has 0 atom stereocenters. The van der Waals surface area contributed by atoms with Gasteiger partial charge in [-0.25, -0.2) is 0 Å². The van der Waals surface area contributed by atoms with E-state index in [1.807, 2.05) is 27.7 Å². The summed E-state index contributed by atoms with van der Waals surface area (Å²) in [5.41, 5.74) is 5.45. The minimum atomic E-state index is 0.0692. The van der Waals surface area contributed by atoms with Crippen LogP contribution >= 0.6 is 0 Å². The van der Waals surface area contributed by atoms with E-state index in [0.717, 1.165) is 0 Å². The molecular formula is C21H32. The van der Waals surface area contributed by atoms with Crippen LogP contribution in [-0.4, -0.2) is 0 Å². The lowest BCUT2D eigenvalue weighted by atomic mass is 9.77. The Kier molecular flexibility index (Phi) is 8.69. The van der Waals surface area contributed by atoms with Gasteiger partial charge in [-0.1, -0.05) is 101 Å². The summed E-state index contributed by atoms with van der Waals surface area (Å²) in [6, 6.07) is 17.6. The average Bonchev–Trinajstić information content (AvgIpc) is 2.52. The van der Waals surface area contributed by atoms with Crippen molar-refractivity contribution in [2.75, 3.05) is 0 Å². The zero-order valence-corrected chi connectivity index (χ0v) is 15.1. The predicted octanol–water partition coefficient (Wildman–Crippen LogP) is 6.68. The van der Waals surface area contributed by atoms with Crippen molar-refractivity contribution in [3.05, 3.63) is 70.8 Å². The van der Waals surface area contributed by atoms with E-state index in [9.17, 15) is 0 Å². The summed E-state index contributed by atoms with van der Waals surface area (Å²) in [6.07, 6.45) is 0. The second-order valence-electron chi connectivity index (χ2n) is 5.36. The lowest BCUT2D eigenvalue weighted by molar-refractivity contribution is 0.640. The van der Waals surface area contributed by atoms with Crippen LogP contribution in [0.15, 0.2) is 48.5 Å². The van der Waals surface area contributed by atoms with E-state index in [0.29, 0.717) is 0 Å². The summed E-state index contributed by atoms with van der Waals surface area (Å²) < 4.78 is 0. The zero-order valence-electron chi connectivity index (χ0n) is 15.1. The van der Waals surface area contributed by atoms with Crippen LogP contribution < -0.4 is 0 Å². The molecule has 0 unspecified atom stereocenters. The maximum atomic E-state index is 2.28. The van der Waals surface area contributed by atoms with Crippen LogP contribution in [-0.2, 0) is 5.41 Å². The van der Waals surface area contributed by atoms with Crippen LogP contribution in [0.25, 0.3) is 0 Å². The molecule has 0 N–H and O–H groups in total. The molecule has 0 fully saturated rings. The third-order valence-corrected chi connectivity index (χ3v) is 3.51. The van der Waals surface area contributed by atoms with Gasteiger partial charge in [-0.2, -0.15) is 0 Å². The summed E-state index contributed by atoms with van der Waals surface area (Å²) in [5, 5.41) is 0. The van der Waals surface area contributed by atoms with Crippen molar-refractivity contribution in [2.45, 2.75) is 60.8 Å². The third kappa shape index (κ3) is 5.38. The van der Waals surface area contributed by atoms with Crippen LogP contribution in [0.3, 0.4) is 0 Å². The smallest absolute Gasteiger partial charge is 0.0146 e. The first kappa shape index (κ1) is 19.4. The second-order valence-corrected chi connectivity index (χ2v) is 5.36. The minimum absolute atomic E-state index is 0.0692. The second kappa shape index (κ2) is 9.39. The van der Waals surface area contributed by atoms with Crippen molar-refractivity contribution >= 4 is 0 Å². The fraction of sp³-hybridized carbons (Fsp3) is 0.429. The normalized spacial score (nSPS) is 9.90. The maximum absolute atomic E-state index is 2.28. The van der Waals surface area contributed by atoms with Crippen LogP contribution in [0.2, 0.25) is 0 Å². The van der Waals surface area contributed by atoms with E-state index >= 15 is 0 Å². The van der Waals surface area contributed by atoms with Crippen molar-refractivity contribution in [1.29, 1.82) is 0 Å². The molecule has 0 aliphatic carbocycles. The molecular weight excluding hydrogens is 252 g/mol. The molecule has 0 aliphatic rings. The zero-order chi connectivity index (χ0) is 16.5. The molecule has 0 saturated carbocycles. The number of hydrogen-bond acceptors (Lipinski definition) is 0. The highest BCUT2D eigenvalue weighted by Gasteiger charge is 2.22. The summed E-state index contributed by atoms with van der Waals surface area (Å²) in [6.45, 7) is 16.8. The van der Waals surface area contributed by atoms with E-state index in [-0.39, 0.29) is 5.41 Å². The molecule has 0 amide bonds. The molecule has 2 aromatic carbocycles. The summed E-state index contributed by atoms with van der Waals surface area (Å²) >= 11 is 0. The van der Waals surface area contributed by atoms with Crippen LogP contribution in [0.1, 0.15) is 63.8 Å². The Morgan fingerprint density at radius 3 is 1.62 bits per heavy atom. The van der Waals surface area contributed by atoms with Gasteiger partial charge in [0.1, 0.15) is 0 Å². The SMILES string of the molecule is CC.CC.Cc1ccc(C(C)(C)c2cccc(C)c2)cc1. The van der Waals surface area contributed by atoms with Gasteiger partial charge in [-0.05, 0) is 25.0 Å².